The second-order valence-corrected chi connectivity index (χ2v) is 3.74. The molecule has 7 nitrogen and oxygen atoms in total. The van der Waals surface area contributed by atoms with E-state index in [9.17, 15) is 10.1 Å². The first-order chi connectivity index (χ1) is 10.1. The first-order valence-corrected chi connectivity index (χ1v) is 5.56. The van der Waals surface area contributed by atoms with E-state index in [0.29, 0.717) is 0 Å². The Morgan fingerprint density at radius 1 is 0.857 bits per heavy atom. The summed E-state index contributed by atoms with van der Waals surface area (Å²) in [6, 6.07) is 12.9. The van der Waals surface area contributed by atoms with Crippen molar-refractivity contribution in [2.75, 3.05) is 0 Å². The molecule has 0 unspecified atom stereocenters. The summed E-state index contributed by atoms with van der Waals surface area (Å²) in [5, 5.41) is 25.8. The molecule has 0 bridgehead atoms. The molecular formula is C14H9N3O4. The van der Waals surface area contributed by atoms with Crippen LogP contribution in [0.15, 0.2) is 42.5 Å². The fourth-order valence-electron chi connectivity index (χ4n) is 1.99. The molecule has 1 aliphatic carbocycles. The number of hydrogen-bond acceptors (Lipinski definition) is 6. The molecule has 7 heteroatoms. The van der Waals surface area contributed by atoms with Gasteiger partial charge in [0.1, 0.15) is 0 Å². The molecule has 0 saturated carbocycles. The second-order valence-electron chi connectivity index (χ2n) is 3.74. The number of nitro groups is 1. The van der Waals surface area contributed by atoms with Crippen molar-refractivity contribution in [3.63, 3.8) is 0 Å². The van der Waals surface area contributed by atoms with Crippen molar-refractivity contribution < 1.29 is 14.5 Å². The van der Waals surface area contributed by atoms with Gasteiger partial charge in [0.25, 0.3) is 5.69 Å². The summed E-state index contributed by atoms with van der Waals surface area (Å²) in [4.78, 5) is 26.9. The Morgan fingerprint density at radius 2 is 1.29 bits per heavy atom. The van der Waals surface area contributed by atoms with Crippen molar-refractivity contribution in [3.8, 4) is 0 Å². The number of carbonyl (C=O) groups excluding carboxylic acids is 2. The Morgan fingerprint density at radius 3 is 1.76 bits per heavy atom. The maximum atomic E-state index is 10.6. The highest BCUT2D eigenvalue weighted by Gasteiger charge is 2.08. The molecule has 0 amide bonds. The van der Waals surface area contributed by atoms with E-state index in [2.05, 4.69) is 0 Å². The number of benzene rings is 2. The largest absolute Gasteiger partial charge is 0.270 e. The molecule has 3 rings (SSSR count). The van der Waals surface area contributed by atoms with Gasteiger partial charge in [-0.05, 0) is 26.9 Å². The molecule has 1 aliphatic rings. The van der Waals surface area contributed by atoms with E-state index in [1.54, 1.807) is 12.1 Å². The molecular weight excluding hydrogens is 274 g/mol. The molecule has 0 fully saturated rings. The minimum atomic E-state index is -0.360. The summed E-state index contributed by atoms with van der Waals surface area (Å²) >= 11 is 0. The Balaban J connectivity index is 0.000000321. The molecule has 0 spiro atoms. The topological polar surface area (TPSA) is 125 Å². The lowest BCUT2D eigenvalue weighted by atomic mass is 10.0. The highest BCUT2D eigenvalue weighted by molar-refractivity contribution is 5.37. The van der Waals surface area contributed by atoms with Crippen LogP contribution in [0.4, 0.5) is 5.69 Å². The van der Waals surface area contributed by atoms with Crippen LogP contribution >= 0.6 is 0 Å². The van der Waals surface area contributed by atoms with Gasteiger partial charge < -0.3 is 0 Å². The third kappa shape index (κ3) is 3.33. The summed E-state index contributed by atoms with van der Waals surface area (Å²) in [6.07, 6.45) is 1.50. The fraction of sp³-hybridized carbons (Fsp3) is 0. The monoisotopic (exact) mass is 283 g/mol. The van der Waals surface area contributed by atoms with Gasteiger partial charge in [0.05, 0.1) is 4.92 Å². The lowest BCUT2D eigenvalue weighted by Crippen LogP contribution is -1.94. The Hall–Kier alpha value is -3.40. The van der Waals surface area contributed by atoms with Crippen LogP contribution < -0.4 is 0 Å². The molecule has 0 aliphatic heterocycles. The molecule has 104 valence electrons. The number of isocyanates is 2. The second kappa shape index (κ2) is 7.25. The summed E-state index contributed by atoms with van der Waals surface area (Å²) in [5.74, 6) is 0. The van der Waals surface area contributed by atoms with E-state index in [4.69, 9.17) is 20.4 Å². The van der Waals surface area contributed by atoms with Crippen molar-refractivity contribution in [1.82, 2.24) is 0 Å². The highest BCUT2D eigenvalue weighted by atomic mass is 16.6. The van der Waals surface area contributed by atoms with E-state index in [1.807, 2.05) is 30.3 Å². The standard InChI is InChI=1S/C12H7NO2.2CHNO/c14-13(15)8-5-6-11-9-3-1-2-4-10(9)12(11)7-8;2*2-1-3/h1-7H;2*2H. The summed E-state index contributed by atoms with van der Waals surface area (Å²) in [5.41, 5.74) is 0.156. The number of nitrogens with zero attached hydrogens (tertiary/aromatic N) is 1. The normalized spacial score (nSPS) is 8.76. The maximum Gasteiger partial charge on any atom is 0.270 e. The first kappa shape index (κ1) is 15.7. The molecule has 2 N–H and O–H groups in total. The summed E-state index contributed by atoms with van der Waals surface area (Å²) in [6.45, 7) is 0. The fourth-order valence-corrected chi connectivity index (χ4v) is 1.99. The number of non-ortho nitro benzene ring substituents is 1. The van der Waals surface area contributed by atoms with Crippen LogP contribution in [0.5, 0.6) is 0 Å². The van der Waals surface area contributed by atoms with Crippen LogP contribution in [0.25, 0.3) is 0 Å². The third-order valence-electron chi connectivity index (χ3n) is 2.72. The lowest BCUT2D eigenvalue weighted by molar-refractivity contribution is -0.384. The van der Waals surface area contributed by atoms with E-state index in [1.165, 1.54) is 5.22 Å². The van der Waals surface area contributed by atoms with Crippen LogP contribution in [0, 0.1) is 41.8 Å². The predicted molar refractivity (Wildman–Crippen MR) is 71.7 cm³/mol. The molecule has 0 aromatic heterocycles. The van der Waals surface area contributed by atoms with Crippen LogP contribution in [0.1, 0.15) is 0 Å². The van der Waals surface area contributed by atoms with Gasteiger partial charge in [0.2, 0.25) is 12.2 Å². The van der Waals surface area contributed by atoms with Crippen LogP contribution in [0.2, 0.25) is 0 Å². The summed E-state index contributed by atoms with van der Waals surface area (Å²) in [7, 11) is 0. The van der Waals surface area contributed by atoms with Crippen LogP contribution in [-0.4, -0.2) is 17.1 Å². The zero-order chi connectivity index (χ0) is 15.8. The van der Waals surface area contributed by atoms with E-state index < -0.39 is 0 Å². The van der Waals surface area contributed by atoms with Gasteiger partial charge in [-0.15, -0.1) is 0 Å². The van der Waals surface area contributed by atoms with Gasteiger partial charge in [0.15, 0.2) is 0 Å². The molecule has 0 heterocycles. The van der Waals surface area contributed by atoms with Gasteiger partial charge in [-0.25, -0.2) is 20.4 Å². The molecule has 21 heavy (non-hydrogen) atoms. The molecule has 0 atom stereocenters. The number of rotatable bonds is 1. The average molecular weight is 283 g/mol. The number of fused-ring (bicyclic) bond motifs is 2. The molecule has 0 radical (unpaired) electrons. The molecule has 0 saturated heterocycles. The van der Waals surface area contributed by atoms with Gasteiger partial charge in [-0.3, -0.25) is 10.1 Å². The smallest absolute Gasteiger partial charge is 0.258 e. The first-order valence-electron chi connectivity index (χ1n) is 5.56. The lowest BCUT2D eigenvalue weighted by Gasteiger charge is -2.03. The quantitative estimate of drug-likeness (QED) is 0.307. The summed E-state index contributed by atoms with van der Waals surface area (Å²) < 4.78 is 0. The Bertz CT molecular complexity index is 913. The van der Waals surface area contributed by atoms with Gasteiger partial charge in [-0.2, -0.15) is 0 Å². The molecule has 2 aromatic rings. The van der Waals surface area contributed by atoms with Gasteiger partial charge in [-0.1, -0.05) is 24.3 Å². The number of nitrogens with one attached hydrogen (secondary N) is 2. The number of nitro benzene ring substituents is 1. The van der Waals surface area contributed by atoms with E-state index >= 15 is 0 Å². The van der Waals surface area contributed by atoms with Crippen molar-refractivity contribution in [2.45, 2.75) is 0 Å². The van der Waals surface area contributed by atoms with E-state index in [0.717, 1.165) is 27.8 Å². The van der Waals surface area contributed by atoms with Crippen molar-refractivity contribution in [3.05, 3.63) is 73.5 Å². The van der Waals surface area contributed by atoms with E-state index in [-0.39, 0.29) is 10.6 Å². The Kier molecular flexibility index (Phi) is 5.41. The zero-order valence-electron chi connectivity index (χ0n) is 10.6. The number of hydrogen-bond donors (Lipinski definition) is 2. The van der Waals surface area contributed by atoms with Gasteiger partial charge in [0, 0.05) is 12.1 Å². The average Bonchev–Trinajstić information content (AvgIpc) is 2.46. The molecule has 2 aromatic carbocycles. The minimum Gasteiger partial charge on any atom is -0.258 e. The Labute approximate surface area is 117 Å². The predicted octanol–water partition coefficient (Wildman–Crippen LogP) is 2.28. The van der Waals surface area contributed by atoms with Crippen molar-refractivity contribution in [1.29, 1.82) is 10.8 Å². The van der Waals surface area contributed by atoms with Crippen LogP contribution in [-0.2, 0) is 9.59 Å². The van der Waals surface area contributed by atoms with Crippen molar-refractivity contribution >= 4 is 17.8 Å². The SMILES string of the molecule is N=C=O.N=C=O.O=[N+]([O-])c1ccc2c(c1)=c1ccccc1=2. The maximum absolute atomic E-state index is 10.6. The minimum absolute atomic E-state index is 0.156. The van der Waals surface area contributed by atoms with Crippen molar-refractivity contribution in [2.24, 2.45) is 0 Å². The van der Waals surface area contributed by atoms with Crippen LogP contribution in [0.3, 0.4) is 0 Å². The third-order valence-corrected chi connectivity index (χ3v) is 2.72. The van der Waals surface area contributed by atoms with Gasteiger partial charge >= 0.3 is 0 Å². The highest BCUT2D eigenvalue weighted by Crippen LogP contribution is 2.18. The zero-order valence-corrected chi connectivity index (χ0v) is 10.6.